The van der Waals surface area contributed by atoms with Crippen LogP contribution in [0, 0.1) is 0 Å². The molecule has 0 aromatic heterocycles. The van der Waals surface area contributed by atoms with Crippen molar-refractivity contribution in [3.8, 4) is 0 Å². The highest BCUT2D eigenvalue weighted by atomic mass is 16.5. The van der Waals surface area contributed by atoms with Crippen LogP contribution in [-0.4, -0.2) is 24.3 Å². The van der Waals surface area contributed by atoms with Crippen molar-refractivity contribution in [2.45, 2.75) is 13.8 Å². The smallest absolute Gasteiger partial charge is 0.330 e. The highest BCUT2D eigenvalue weighted by molar-refractivity contribution is 6.07. The van der Waals surface area contributed by atoms with Gasteiger partial charge < -0.3 is 10.1 Å². The van der Waals surface area contributed by atoms with Gasteiger partial charge in [-0.25, -0.2) is 4.79 Å². The minimum absolute atomic E-state index is 0.179. The summed E-state index contributed by atoms with van der Waals surface area (Å²) in [6.07, 6.45) is 2.25. The zero-order chi connectivity index (χ0) is 14.3. The first-order valence-corrected chi connectivity index (χ1v) is 5.79. The summed E-state index contributed by atoms with van der Waals surface area (Å²) in [6.45, 7) is 3.36. The van der Waals surface area contributed by atoms with E-state index >= 15 is 0 Å². The number of benzene rings is 1. The highest BCUT2D eigenvalue weighted by Crippen LogP contribution is 2.10. The second kappa shape index (κ2) is 7.10. The van der Waals surface area contributed by atoms with Crippen LogP contribution >= 0.6 is 0 Å². The van der Waals surface area contributed by atoms with Gasteiger partial charge in [-0.1, -0.05) is 0 Å². The topological polar surface area (TPSA) is 72.5 Å². The van der Waals surface area contributed by atoms with E-state index in [4.69, 9.17) is 0 Å². The van der Waals surface area contributed by atoms with Crippen LogP contribution in [0.4, 0.5) is 5.69 Å². The van der Waals surface area contributed by atoms with Crippen molar-refractivity contribution >= 4 is 23.3 Å². The number of ether oxygens (including phenoxy) is 1. The normalized spacial score (nSPS) is 10.2. The maximum absolute atomic E-state index is 11.7. The van der Waals surface area contributed by atoms with Crippen molar-refractivity contribution in [1.29, 1.82) is 0 Å². The number of carbonyl (C=O) groups is 3. The molecular weight excluding hydrogens is 246 g/mol. The summed E-state index contributed by atoms with van der Waals surface area (Å²) in [5.74, 6) is -1.03. The van der Waals surface area contributed by atoms with E-state index in [0.29, 0.717) is 11.3 Å². The summed E-state index contributed by atoms with van der Waals surface area (Å²) >= 11 is 0. The number of ketones is 1. The van der Waals surface area contributed by atoms with Crippen LogP contribution in [0.15, 0.2) is 36.4 Å². The van der Waals surface area contributed by atoms with E-state index in [9.17, 15) is 14.4 Å². The predicted octanol–water partition coefficient (Wildman–Crippen LogP) is 1.95. The maximum Gasteiger partial charge on any atom is 0.330 e. The zero-order valence-corrected chi connectivity index (χ0v) is 10.8. The molecule has 0 saturated carbocycles. The third kappa shape index (κ3) is 5.16. The van der Waals surface area contributed by atoms with E-state index in [1.165, 1.54) is 6.92 Å². The molecule has 1 amide bonds. The molecular formula is C14H15NO4. The summed E-state index contributed by atoms with van der Waals surface area (Å²) in [6, 6.07) is 6.38. The van der Waals surface area contributed by atoms with Crippen molar-refractivity contribution in [2.75, 3.05) is 11.9 Å². The van der Waals surface area contributed by atoms with Gasteiger partial charge in [0.15, 0.2) is 5.78 Å². The summed E-state index contributed by atoms with van der Waals surface area (Å²) in [5, 5.41) is 2.60. The minimum Gasteiger partial charge on any atom is -0.463 e. The molecule has 0 saturated heterocycles. The second-order valence-corrected chi connectivity index (χ2v) is 3.71. The van der Waals surface area contributed by atoms with Gasteiger partial charge in [0.05, 0.1) is 6.61 Å². The van der Waals surface area contributed by atoms with Gasteiger partial charge in [-0.3, -0.25) is 9.59 Å². The maximum atomic E-state index is 11.7. The Morgan fingerprint density at radius 2 is 1.79 bits per heavy atom. The molecule has 0 aliphatic rings. The van der Waals surface area contributed by atoms with Gasteiger partial charge in [-0.2, -0.15) is 0 Å². The number of rotatable bonds is 5. The van der Waals surface area contributed by atoms with Crippen molar-refractivity contribution in [1.82, 2.24) is 0 Å². The standard InChI is InChI=1S/C14H15NO4/c1-3-19-14(18)9-8-13(17)11-4-6-12(7-5-11)15-10(2)16/h4-9H,3H2,1-2H3,(H,15,16)/b9-8+. The van der Waals surface area contributed by atoms with Gasteiger partial charge in [0.2, 0.25) is 5.91 Å². The second-order valence-electron chi connectivity index (χ2n) is 3.71. The molecule has 0 atom stereocenters. The van der Waals surface area contributed by atoms with Gasteiger partial charge in [0.1, 0.15) is 0 Å². The zero-order valence-electron chi connectivity index (χ0n) is 10.8. The van der Waals surface area contributed by atoms with Crippen LogP contribution in [0.3, 0.4) is 0 Å². The molecule has 0 spiro atoms. The SMILES string of the molecule is CCOC(=O)/C=C/C(=O)c1ccc(NC(C)=O)cc1. The highest BCUT2D eigenvalue weighted by Gasteiger charge is 2.03. The molecule has 19 heavy (non-hydrogen) atoms. The van der Waals surface area contributed by atoms with Crippen molar-refractivity contribution in [3.63, 3.8) is 0 Å². The first-order chi connectivity index (χ1) is 9.02. The van der Waals surface area contributed by atoms with E-state index in [2.05, 4.69) is 10.1 Å². The van der Waals surface area contributed by atoms with Crippen molar-refractivity contribution in [2.24, 2.45) is 0 Å². The molecule has 1 N–H and O–H groups in total. The fraction of sp³-hybridized carbons (Fsp3) is 0.214. The molecule has 1 aromatic rings. The summed E-state index contributed by atoms with van der Waals surface area (Å²) < 4.78 is 4.67. The lowest BCUT2D eigenvalue weighted by molar-refractivity contribution is -0.137. The lowest BCUT2D eigenvalue weighted by Gasteiger charge is -2.02. The van der Waals surface area contributed by atoms with Gasteiger partial charge in [-0.05, 0) is 37.3 Å². The third-order valence-electron chi connectivity index (χ3n) is 2.15. The molecule has 5 heteroatoms. The Bertz CT molecular complexity index is 503. The van der Waals surface area contributed by atoms with E-state index in [1.807, 2.05) is 0 Å². The molecule has 1 rings (SSSR count). The van der Waals surface area contributed by atoms with Gasteiger partial charge in [0, 0.05) is 24.3 Å². The summed E-state index contributed by atoms with van der Waals surface area (Å²) in [4.78, 5) is 33.6. The number of hydrogen-bond acceptors (Lipinski definition) is 4. The first-order valence-electron chi connectivity index (χ1n) is 5.79. The van der Waals surface area contributed by atoms with Crippen LogP contribution in [-0.2, 0) is 14.3 Å². The van der Waals surface area contributed by atoms with Crippen LogP contribution in [0.5, 0.6) is 0 Å². The van der Waals surface area contributed by atoms with Gasteiger partial charge >= 0.3 is 5.97 Å². The average Bonchev–Trinajstić information content (AvgIpc) is 2.36. The monoisotopic (exact) mass is 261 g/mol. The fourth-order valence-electron chi connectivity index (χ4n) is 1.35. The van der Waals surface area contributed by atoms with Crippen LogP contribution in [0.25, 0.3) is 0 Å². The number of anilines is 1. The van der Waals surface area contributed by atoms with Crippen LogP contribution in [0.2, 0.25) is 0 Å². The Morgan fingerprint density at radius 3 is 2.32 bits per heavy atom. The Morgan fingerprint density at radius 1 is 1.16 bits per heavy atom. The summed E-state index contributed by atoms with van der Waals surface area (Å²) in [7, 11) is 0. The largest absolute Gasteiger partial charge is 0.463 e. The van der Waals surface area contributed by atoms with Crippen molar-refractivity contribution < 1.29 is 19.1 Å². The van der Waals surface area contributed by atoms with E-state index in [-0.39, 0.29) is 18.3 Å². The number of allylic oxidation sites excluding steroid dienone is 1. The molecule has 0 bridgehead atoms. The average molecular weight is 261 g/mol. The number of amides is 1. The molecule has 0 aliphatic carbocycles. The minimum atomic E-state index is -0.550. The molecule has 0 radical (unpaired) electrons. The van der Waals surface area contributed by atoms with Gasteiger partial charge in [-0.15, -0.1) is 0 Å². The number of carbonyl (C=O) groups excluding carboxylic acids is 3. The van der Waals surface area contributed by atoms with Crippen LogP contribution in [0.1, 0.15) is 24.2 Å². The Kier molecular flexibility index (Phi) is 5.47. The molecule has 0 unspecified atom stereocenters. The van der Waals surface area contributed by atoms with E-state index in [1.54, 1.807) is 31.2 Å². The lowest BCUT2D eigenvalue weighted by Crippen LogP contribution is -2.06. The third-order valence-corrected chi connectivity index (χ3v) is 2.15. The lowest BCUT2D eigenvalue weighted by atomic mass is 10.1. The number of esters is 1. The molecule has 100 valence electrons. The summed E-state index contributed by atoms with van der Waals surface area (Å²) in [5.41, 5.74) is 1.04. The quantitative estimate of drug-likeness (QED) is 0.499. The Labute approximate surface area is 111 Å². The molecule has 0 fully saturated rings. The predicted molar refractivity (Wildman–Crippen MR) is 70.8 cm³/mol. The number of nitrogens with one attached hydrogen (secondary N) is 1. The van der Waals surface area contributed by atoms with Crippen molar-refractivity contribution in [3.05, 3.63) is 42.0 Å². The van der Waals surface area contributed by atoms with Gasteiger partial charge in [0.25, 0.3) is 0 Å². The van der Waals surface area contributed by atoms with Crippen LogP contribution < -0.4 is 5.32 Å². The molecule has 0 heterocycles. The molecule has 1 aromatic carbocycles. The molecule has 5 nitrogen and oxygen atoms in total. The first kappa shape index (κ1) is 14.6. The fourth-order valence-corrected chi connectivity index (χ4v) is 1.35. The number of hydrogen-bond donors (Lipinski definition) is 1. The van der Waals surface area contributed by atoms with E-state index in [0.717, 1.165) is 12.2 Å². The molecule has 0 aliphatic heterocycles. The Hall–Kier alpha value is -2.43. The Balaban J connectivity index is 2.67. The van der Waals surface area contributed by atoms with E-state index < -0.39 is 5.97 Å².